The molecule has 41 heavy (non-hydrogen) atoms. The number of hydrogen-bond donors (Lipinski definition) is 2. The van der Waals surface area contributed by atoms with Gasteiger partial charge in [-0.2, -0.15) is 0 Å². The average Bonchev–Trinajstić information content (AvgIpc) is 3.31. The summed E-state index contributed by atoms with van der Waals surface area (Å²) >= 11 is 0. The normalized spacial score (nSPS) is 12.0. The topological polar surface area (TPSA) is 95.9 Å². The summed E-state index contributed by atoms with van der Waals surface area (Å²) in [4.78, 5) is 38.0. The Labute approximate surface area is 238 Å². The molecule has 0 spiro atoms. The van der Waals surface area contributed by atoms with E-state index in [1.54, 1.807) is 30.3 Å². The van der Waals surface area contributed by atoms with Crippen LogP contribution in [-0.2, 0) is 20.9 Å². The van der Waals surface area contributed by atoms with Crippen LogP contribution >= 0.6 is 0 Å². The second-order valence-corrected chi connectivity index (χ2v) is 9.80. The zero-order valence-corrected chi connectivity index (χ0v) is 22.4. The summed E-state index contributed by atoms with van der Waals surface area (Å²) in [5, 5.41) is 11.8. The van der Waals surface area contributed by atoms with Crippen LogP contribution in [0.25, 0.3) is 17.2 Å². The van der Waals surface area contributed by atoms with Crippen LogP contribution in [0.3, 0.4) is 0 Å². The number of aliphatic carboxylic acids is 1. The highest BCUT2D eigenvalue weighted by molar-refractivity contribution is 5.92. The molecule has 0 saturated heterocycles. The third-order valence-corrected chi connectivity index (χ3v) is 7.04. The molecule has 0 heterocycles. The molecule has 2 N–H and O–H groups in total. The Kier molecular flexibility index (Phi) is 8.55. The summed E-state index contributed by atoms with van der Waals surface area (Å²) < 4.78 is 5.61. The van der Waals surface area contributed by atoms with Gasteiger partial charge in [0.05, 0.1) is 6.42 Å². The van der Waals surface area contributed by atoms with E-state index in [0.29, 0.717) is 12.2 Å². The monoisotopic (exact) mass is 546 g/mol. The van der Waals surface area contributed by atoms with E-state index in [4.69, 9.17) is 9.84 Å². The number of carboxylic acids is 1. The van der Waals surface area contributed by atoms with Crippen LogP contribution in [0, 0.1) is 0 Å². The summed E-state index contributed by atoms with van der Waals surface area (Å²) in [6, 6.07) is 32.8. The number of nitrogens with one attached hydrogen (secondary N) is 1. The molecule has 1 aliphatic rings. The molecule has 0 radical (unpaired) electrons. The van der Waals surface area contributed by atoms with Gasteiger partial charge in [0.1, 0.15) is 6.61 Å². The molecular weight excluding hydrogens is 516 g/mol. The highest BCUT2D eigenvalue weighted by Gasteiger charge is 2.29. The van der Waals surface area contributed by atoms with Gasteiger partial charge in [0.15, 0.2) is 0 Å². The lowest BCUT2D eigenvalue weighted by atomic mass is 9.98. The summed E-state index contributed by atoms with van der Waals surface area (Å²) in [7, 11) is 0. The van der Waals surface area contributed by atoms with Gasteiger partial charge < -0.3 is 14.7 Å². The van der Waals surface area contributed by atoms with Crippen LogP contribution in [0.5, 0.6) is 0 Å². The first-order valence-electron chi connectivity index (χ1n) is 13.4. The van der Waals surface area contributed by atoms with Crippen LogP contribution in [0.1, 0.15) is 34.6 Å². The minimum Gasteiger partial charge on any atom is -0.481 e. The van der Waals surface area contributed by atoms with Gasteiger partial charge in [-0.25, -0.2) is 4.79 Å². The van der Waals surface area contributed by atoms with Crippen LogP contribution in [0.15, 0.2) is 109 Å². The lowest BCUT2D eigenvalue weighted by Gasteiger charge is -2.20. The van der Waals surface area contributed by atoms with E-state index in [-0.39, 0.29) is 31.4 Å². The molecule has 4 aromatic rings. The van der Waals surface area contributed by atoms with Crippen molar-refractivity contribution in [3.63, 3.8) is 0 Å². The predicted molar refractivity (Wildman–Crippen MR) is 158 cm³/mol. The molecule has 2 amide bonds. The van der Waals surface area contributed by atoms with Crippen LogP contribution in [0.2, 0.25) is 0 Å². The van der Waals surface area contributed by atoms with Crippen molar-refractivity contribution in [2.24, 2.45) is 0 Å². The van der Waals surface area contributed by atoms with Crippen molar-refractivity contribution >= 4 is 29.7 Å². The predicted octanol–water partition coefficient (Wildman–Crippen LogP) is 6.56. The molecular formula is C34H30N2O5. The smallest absolute Gasteiger partial charge is 0.411 e. The average molecular weight is 547 g/mol. The summed E-state index contributed by atoms with van der Waals surface area (Å²) in [6.45, 7) is 0.654. The maximum absolute atomic E-state index is 12.9. The Morgan fingerprint density at radius 2 is 1.41 bits per heavy atom. The Morgan fingerprint density at radius 1 is 0.805 bits per heavy atom. The molecule has 0 aliphatic heterocycles. The van der Waals surface area contributed by atoms with Gasteiger partial charge in [-0.1, -0.05) is 91.0 Å². The molecule has 0 aromatic heterocycles. The zero-order valence-electron chi connectivity index (χ0n) is 22.4. The maximum atomic E-state index is 12.9. The number of amides is 2. The third-order valence-electron chi connectivity index (χ3n) is 7.04. The second kappa shape index (κ2) is 12.8. The Hall–Kier alpha value is -5.17. The van der Waals surface area contributed by atoms with Gasteiger partial charge in [0.2, 0.25) is 5.91 Å². The van der Waals surface area contributed by atoms with E-state index in [2.05, 4.69) is 29.6 Å². The van der Waals surface area contributed by atoms with Crippen molar-refractivity contribution in [1.82, 2.24) is 4.90 Å². The Morgan fingerprint density at radius 3 is 2.05 bits per heavy atom. The minimum atomic E-state index is -0.959. The molecule has 0 atom stereocenters. The molecule has 0 bridgehead atoms. The third kappa shape index (κ3) is 6.89. The highest BCUT2D eigenvalue weighted by Crippen LogP contribution is 2.44. The van der Waals surface area contributed by atoms with E-state index in [9.17, 15) is 14.4 Å². The van der Waals surface area contributed by atoms with Crippen LogP contribution in [0.4, 0.5) is 10.5 Å². The zero-order chi connectivity index (χ0) is 28.6. The molecule has 1 aliphatic carbocycles. The van der Waals surface area contributed by atoms with Gasteiger partial charge in [-0.15, -0.1) is 0 Å². The molecule has 0 fully saturated rings. The minimum absolute atomic E-state index is 0.0184. The van der Waals surface area contributed by atoms with Crippen molar-refractivity contribution in [3.8, 4) is 11.1 Å². The largest absolute Gasteiger partial charge is 0.481 e. The van der Waals surface area contributed by atoms with E-state index >= 15 is 0 Å². The highest BCUT2D eigenvalue weighted by atomic mass is 16.5. The Bertz CT molecular complexity index is 1520. The van der Waals surface area contributed by atoms with E-state index in [1.807, 2.05) is 54.6 Å². The fourth-order valence-corrected chi connectivity index (χ4v) is 5.00. The molecule has 206 valence electrons. The maximum Gasteiger partial charge on any atom is 0.411 e. The van der Waals surface area contributed by atoms with Gasteiger partial charge in [0.25, 0.3) is 0 Å². The fourth-order valence-electron chi connectivity index (χ4n) is 5.00. The van der Waals surface area contributed by atoms with E-state index in [1.165, 1.54) is 22.1 Å². The molecule has 0 saturated carbocycles. The van der Waals surface area contributed by atoms with E-state index in [0.717, 1.165) is 22.3 Å². The number of rotatable bonds is 10. The number of fused-ring (bicyclic) bond motifs is 3. The quantitative estimate of drug-likeness (QED) is 0.220. The van der Waals surface area contributed by atoms with Crippen molar-refractivity contribution in [2.75, 3.05) is 18.5 Å². The van der Waals surface area contributed by atoms with Crippen LogP contribution in [-0.4, -0.2) is 41.1 Å². The lowest BCUT2D eigenvalue weighted by Crippen LogP contribution is -2.31. The summed E-state index contributed by atoms with van der Waals surface area (Å²) in [6.07, 6.45) is 2.42. The number of hydrogen-bond acceptors (Lipinski definition) is 4. The Balaban J connectivity index is 1.16. The van der Waals surface area contributed by atoms with Gasteiger partial charge in [-0.05, 0) is 51.6 Å². The second-order valence-electron chi connectivity index (χ2n) is 9.80. The fraction of sp³-hybridized carbons (Fsp3) is 0.147. The van der Waals surface area contributed by atoms with Crippen molar-refractivity contribution in [1.29, 1.82) is 0 Å². The number of carbonyl (C=O) groups excluding carboxylic acids is 2. The van der Waals surface area contributed by atoms with Crippen molar-refractivity contribution in [2.45, 2.75) is 18.9 Å². The molecule has 7 heteroatoms. The lowest BCUT2D eigenvalue weighted by molar-refractivity contribution is -0.138. The molecule has 5 rings (SSSR count). The number of anilines is 1. The van der Waals surface area contributed by atoms with E-state index < -0.39 is 12.1 Å². The molecule has 0 unspecified atom stereocenters. The SMILES string of the molecule is O=C(O)CCN(Cc1ccccc1)C(=O)/C=C/c1ccc(NC(=O)OCC2c3ccccc3-c3ccccc32)cc1. The number of benzene rings is 4. The standard InChI is InChI=1S/C34H30N2O5/c37-32(36(21-20-33(38)39)22-25-8-2-1-3-9-25)19-16-24-14-17-26(18-15-24)35-34(40)41-23-31-29-12-6-4-10-27(29)28-11-5-7-13-30(28)31/h1-19,31H,20-23H2,(H,35,40)(H,38,39)/b19-16+. The summed E-state index contributed by atoms with van der Waals surface area (Å²) in [5.74, 6) is -1.26. The van der Waals surface area contributed by atoms with Gasteiger partial charge >= 0.3 is 12.1 Å². The first kappa shape index (κ1) is 27.4. The first-order valence-corrected chi connectivity index (χ1v) is 13.4. The number of ether oxygens (including phenoxy) is 1. The van der Waals surface area contributed by atoms with Crippen LogP contribution < -0.4 is 5.32 Å². The number of nitrogens with zero attached hydrogens (tertiary/aromatic N) is 1. The molecule has 7 nitrogen and oxygen atoms in total. The van der Waals surface area contributed by atoms with Gasteiger partial charge in [0, 0.05) is 30.8 Å². The van der Waals surface area contributed by atoms with Gasteiger partial charge in [-0.3, -0.25) is 14.9 Å². The van der Waals surface area contributed by atoms with Crippen molar-refractivity contribution < 1.29 is 24.2 Å². The van der Waals surface area contributed by atoms with Crippen molar-refractivity contribution in [3.05, 3.63) is 131 Å². The molecule has 4 aromatic carbocycles. The number of carboxylic acid groups (broad SMARTS) is 1. The first-order chi connectivity index (χ1) is 20.0. The number of carbonyl (C=O) groups is 3. The summed E-state index contributed by atoms with van der Waals surface area (Å²) in [5.41, 5.74) is 6.89.